The molecule has 44 heavy (non-hydrogen) atoms. The van der Waals surface area contributed by atoms with Gasteiger partial charge in [0.2, 0.25) is 0 Å². The van der Waals surface area contributed by atoms with E-state index in [4.69, 9.17) is 0 Å². The quantitative estimate of drug-likeness (QED) is 0.136. The molecular formula is C34H20F4IrN5. The number of halogens is 4. The third kappa shape index (κ3) is 8.06. The molecule has 0 saturated carbocycles. The van der Waals surface area contributed by atoms with Crippen molar-refractivity contribution in [2.75, 3.05) is 0 Å². The fourth-order valence-corrected chi connectivity index (χ4v) is 3.87. The number of rotatable bonds is 3. The van der Waals surface area contributed by atoms with E-state index in [1.165, 1.54) is 0 Å². The largest absolute Gasteiger partial charge is 3.00 e. The number of aromatic nitrogens is 5. The summed E-state index contributed by atoms with van der Waals surface area (Å²) in [5.74, 6) is -1.73. The van der Waals surface area contributed by atoms with Crippen LogP contribution in [0.4, 0.5) is 17.6 Å². The molecule has 0 saturated heterocycles. The predicted molar refractivity (Wildman–Crippen MR) is 155 cm³/mol. The molecule has 0 unspecified atom stereocenters. The van der Waals surface area contributed by atoms with E-state index in [1.807, 2.05) is 47.0 Å². The summed E-state index contributed by atoms with van der Waals surface area (Å²) in [7, 11) is 0. The van der Waals surface area contributed by atoms with E-state index in [-0.39, 0.29) is 31.2 Å². The molecule has 0 aliphatic rings. The minimum absolute atomic E-state index is 0. The second kappa shape index (κ2) is 15.4. The van der Waals surface area contributed by atoms with Crippen LogP contribution < -0.4 is 0 Å². The molecule has 7 rings (SSSR count). The molecular weight excluding hydrogens is 747 g/mol. The third-order valence-corrected chi connectivity index (χ3v) is 5.83. The van der Waals surface area contributed by atoms with Crippen LogP contribution in [-0.4, -0.2) is 24.5 Å². The molecule has 4 heterocycles. The fraction of sp³-hybridized carbons (Fsp3) is 0. The minimum Gasteiger partial charge on any atom is -0.411 e. The van der Waals surface area contributed by atoms with Crippen LogP contribution in [-0.2, 0) is 20.1 Å². The van der Waals surface area contributed by atoms with Gasteiger partial charge in [0.1, 0.15) is 0 Å². The van der Waals surface area contributed by atoms with Crippen LogP contribution in [0, 0.1) is 41.7 Å². The van der Waals surface area contributed by atoms with Crippen molar-refractivity contribution in [1.82, 2.24) is 24.5 Å². The van der Waals surface area contributed by atoms with Crippen LogP contribution in [0.25, 0.3) is 39.4 Å². The van der Waals surface area contributed by atoms with Gasteiger partial charge >= 0.3 is 20.1 Å². The molecule has 10 heteroatoms. The first-order chi connectivity index (χ1) is 21.0. The summed E-state index contributed by atoms with van der Waals surface area (Å²) < 4.78 is 53.4. The summed E-state index contributed by atoms with van der Waals surface area (Å²) in [6, 6.07) is 32.7. The Morgan fingerprint density at radius 1 is 0.568 bits per heavy atom. The number of hydrogen-bond donors (Lipinski definition) is 0. The molecule has 7 aromatic rings. The van der Waals surface area contributed by atoms with Gasteiger partial charge in [0.05, 0.1) is 5.82 Å². The molecule has 4 aromatic heterocycles. The Hall–Kier alpha value is -5.05. The number of fused-ring (bicyclic) bond motifs is 1. The van der Waals surface area contributed by atoms with Gasteiger partial charge in [0, 0.05) is 48.2 Å². The van der Waals surface area contributed by atoms with Crippen molar-refractivity contribution in [3.63, 3.8) is 0 Å². The van der Waals surface area contributed by atoms with Gasteiger partial charge < -0.3 is 19.5 Å². The van der Waals surface area contributed by atoms with Gasteiger partial charge in [-0.25, -0.2) is 0 Å². The van der Waals surface area contributed by atoms with Crippen LogP contribution in [0.5, 0.6) is 0 Å². The van der Waals surface area contributed by atoms with Crippen molar-refractivity contribution in [1.29, 1.82) is 0 Å². The van der Waals surface area contributed by atoms with Crippen molar-refractivity contribution in [3.05, 3.63) is 163 Å². The van der Waals surface area contributed by atoms with Crippen LogP contribution in [0.3, 0.4) is 0 Å². The maximum atomic E-state index is 13.2. The molecule has 5 nitrogen and oxygen atoms in total. The minimum atomic E-state index is -0.649. The average Bonchev–Trinajstić information content (AvgIpc) is 3.47. The standard InChI is InChI=1S/C12H8N3.2C11H6F2N.Ir/c1-2-6-11-10(5-1)14-9-15(11)12-7-3-4-8-13-12;2*12-8-4-5-9(10(13)7-8)11-3-1-2-6-14-11;/h1-8H;2*1-4,6-7H;/q3*-1;+3. The zero-order chi connectivity index (χ0) is 30.0. The summed E-state index contributed by atoms with van der Waals surface area (Å²) in [5, 5.41) is 0. The van der Waals surface area contributed by atoms with Crippen molar-refractivity contribution in [2.45, 2.75) is 0 Å². The van der Waals surface area contributed by atoms with E-state index in [9.17, 15) is 17.6 Å². The van der Waals surface area contributed by atoms with Crippen LogP contribution in [0.2, 0.25) is 0 Å². The number of imidazole rings is 1. The summed E-state index contributed by atoms with van der Waals surface area (Å²) >= 11 is 0. The maximum absolute atomic E-state index is 13.2. The molecule has 0 amide bonds. The summed E-state index contributed by atoms with van der Waals surface area (Å²) in [6.07, 6.45) is 7.79. The van der Waals surface area contributed by atoms with Crippen LogP contribution >= 0.6 is 0 Å². The Balaban J connectivity index is 0.000000149. The number of pyridine rings is 3. The Morgan fingerprint density at radius 3 is 1.55 bits per heavy atom. The van der Waals surface area contributed by atoms with Gasteiger partial charge in [-0.2, -0.15) is 0 Å². The molecule has 0 N–H and O–H groups in total. The Bertz CT molecular complexity index is 1830. The van der Waals surface area contributed by atoms with Crippen molar-refractivity contribution in [3.8, 4) is 28.3 Å². The average molecular weight is 767 g/mol. The van der Waals surface area contributed by atoms with Crippen molar-refractivity contribution < 1.29 is 37.7 Å². The zero-order valence-corrected chi connectivity index (χ0v) is 25.0. The summed E-state index contributed by atoms with van der Waals surface area (Å²) in [6.45, 7) is 0. The number of nitrogens with zero attached hydrogens (tertiary/aromatic N) is 5. The van der Waals surface area contributed by atoms with Gasteiger partial charge in [-0.3, -0.25) is 22.5 Å². The monoisotopic (exact) mass is 767 g/mol. The first-order valence-corrected chi connectivity index (χ1v) is 12.8. The molecule has 3 aromatic carbocycles. The Kier molecular flexibility index (Phi) is 11.2. The van der Waals surface area contributed by atoms with E-state index < -0.39 is 23.3 Å². The summed E-state index contributed by atoms with van der Waals surface area (Å²) in [4.78, 5) is 16.3. The maximum Gasteiger partial charge on any atom is 3.00 e. The zero-order valence-electron chi connectivity index (χ0n) is 22.6. The molecule has 0 bridgehead atoms. The normalized spacial score (nSPS) is 10.1. The van der Waals surface area contributed by atoms with E-state index >= 15 is 0 Å². The van der Waals surface area contributed by atoms with Crippen LogP contribution in [0.15, 0.2) is 122 Å². The molecule has 0 atom stereocenters. The first kappa shape index (κ1) is 31.9. The fourth-order valence-electron chi connectivity index (χ4n) is 3.87. The van der Waals surface area contributed by atoms with Crippen LogP contribution in [0.1, 0.15) is 0 Å². The van der Waals surface area contributed by atoms with Gasteiger partial charge in [-0.05, 0) is 35.1 Å². The van der Waals surface area contributed by atoms with Crippen molar-refractivity contribution >= 4 is 11.0 Å². The van der Waals surface area contributed by atoms with Gasteiger partial charge in [-0.1, -0.05) is 89.4 Å². The van der Waals surface area contributed by atoms with E-state index in [1.54, 1.807) is 55.0 Å². The molecule has 0 fully saturated rings. The van der Waals surface area contributed by atoms with E-state index in [2.05, 4.69) is 38.4 Å². The Morgan fingerprint density at radius 2 is 1.07 bits per heavy atom. The third-order valence-electron chi connectivity index (χ3n) is 5.83. The predicted octanol–water partition coefficient (Wildman–Crippen LogP) is 7.87. The molecule has 0 aliphatic carbocycles. The van der Waals surface area contributed by atoms with Gasteiger partial charge in [0.25, 0.3) is 0 Å². The SMILES string of the molecule is Fc1c[c-]c(-c2ccccn2)c(F)c1.Fc1c[c-]c(-c2ccccn2)c(F)c1.[Ir+3].[c-]1nc2ccccc2n1-c1ccccn1. The molecule has 0 spiro atoms. The van der Waals surface area contributed by atoms with Gasteiger partial charge in [0.15, 0.2) is 0 Å². The molecule has 0 radical (unpaired) electrons. The number of benzene rings is 3. The smallest absolute Gasteiger partial charge is 0.411 e. The first-order valence-electron chi connectivity index (χ1n) is 12.8. The number of hydrogen-bond acceptors (Lipinski definition) is 4. The topological polar surface area (TPSA) is 56.5 Å². The second-order valence-electron chi connectivity index (χ2n) is 8.74. The second-order valence-corrected chi connectivity index (χ2v) is 8.74. The molecule has 218 valence electrons. The summed E-state index contributed by atoms with van der Waals surface area (Å²) in [5.41, 5.74) is 3.23. The van der Waals surface area contributed by atoms with Crippen molar-refractivity contribution in [2.24, 2.45) is 0 Å². The number of para-hydroxylation sites is 2. The van der Waals surface area contributed by atoms with Gasteiger partial charge in [-0.15, -0.1) is 24.3 Å². The molecule has 0 aliphatic heterocycles. The van der Waals surface area contributed by atoms with E-state index in [0.717, 1.165) is 41.1 Å². The van der Waals surface area contributed by atoms with E-state index in [0.29, 0.717) is 11.4 Å². The Labute approximate surface area is 264 Å².